The molecule has 0 spiro atoms. The van der Waals surface area contributed by atoms with Crippen LogP contribution in [-0.4, -0.2) is 12.2 Å². The smallest absolute Gasteiger partial charge is 0.131 e. The van der Waals surface area contributed by atoms with Crippen LogP contribution >= 0.6 is 0 Å². The predicted octanol–water partition coefficient (Wildman–Crippen LogP) is 5.54. The van der Waals surface area contributed by atoms with E-state index in [0.717, 1.165) is 17.1 Å². The van der Waals surface area contributed by atoms with Gasteiger partial charge in [-0.15, -0.1) is 0 Å². The highest BCUT2D eigenvalue weighted by Crippen LogP contribution is 2.36. The second-order valence-corrected chi connectivity index (χ2v) is 6.31. The van der Waals surface area contributed by atoms with Crippen molar-refractivity contribution >= 4 is 0 Å². The van der Waals surface area contributed by atoms with Crippen LogP contribution in [0, 0.1) is 13.8 Å². The first kappa shape index (κ1) is 16.4. The molecule has 2 aromatic carbocycles. The third-order valence-corrected chi connectivity index (χ3v) is 3.37. The predicted molar refractivity (Wildman–Crippen MR) is 92.9 cm³/mol. The lowest BCUT2D eigenvalue weighted by molar-refractivity contribution is 0.230. The Morgan fingerprint density at radius 3 is 2.05 bits per heavy atom. The summed E-state index contributed by atoms with van der Waals surface area (Å²) < 4.78 is 11.8. The Labute approximate surface area is 134 Å². The van der Waals surface area contributed by atoms with Gasteiger partial charge in [-0.3, -0.25) is 0 Å². The Bertz CT molecular complexity index is 642. The van der Waals surface area contributed by atoms with E-state index in [1.165, 1.54) is 16.7 Å². The molecule has 0 fully saturated rings. The van der Waals surface area contributed by atoms with Gasteiger partial charge in [-0.1, -0.05) is 23.8 Å². The lowest BCUT2D eigenvalue weighted by Gasteiger charge is -2.18. The van der Waals surface area contributed by atoms with Crippen molar-refractivity contribution in [2.75, 3.05) is 0 Å². The molecule has 0 radical (unpaired) electrons. The lowest BCUT2D eigenvalue weighted by atomic mass is 9.97. The molecule has 0 aliphatic rings. The van der Waals surface area contributed by atoms with Crippen LogP contribution in [0.2, 0.25) is 0 Å². The minimum atomic E-state index is 0.123. The molecule has 0 amide bonds. The van der Waals surface area contributed by atoms with Gasteiger partial charge in [0.15, 0.2) is 0 Å². The van der Waals surface area contributed by atoms with Crippen LogP contribution in [0.15, 0.2) is 36.4 Å². The molecule has 0 atom stereocenters. The maximum atomic E-state index is 6.04. The van der Waals surface area contributed by atoms with Crippen LogP contribution in [0.4, 0.5) is 0 Å². The average Bonchev–Trinajstić information content (AvgIpc) is 2.41. The first-order valence-corrected chi connectivity index (χ1v) is 7.92. The molecule has 0 saturated heterocycles. The van der Waals surface area contributed by atoms with Gasteiger partial charge in [0, 0.05) is 11.6 Å². The molecule has 0 bridgehead atoms. The van der Waals surface area contributed by atoms with Crippen molar-refractivity contribution in [3.05, 3.63) is 47.5 Å². The van der Waals surface area contributed by atoms with E-state index in [4.69, 9.17) is 9.47 Å². The Morgan fingerprint density at radius 1 is 0.727 bits per heavy atom. The Balaban J connectivity index is 2.51. The van der Waals surface area contributed by atoms with Gasteiger partial charge in [0.25, 0.3) is 0 Å². The topological polar surface area (TPSA) is 18.5 Å². The van der Waals surface area contributed by atoms with Crippen LogP contribution in [0.5, 0.6) is 11.5 Å². The van der Waals surface area contributed by atoms with Crippen LogP contribution in [-0.2, 0) is 0 Å². The fourth-order valence-electron chi connectivity index (χ4n) is 2.45. The summed E-state index contributed by atoms with van der Waals surface area (Å²) in [5.41, 5.74) is 4.83. The summed E-state index contributed by atoms with van der Waals surface area (Å²) in [5, 5.41) is 0. The molecule has 0 saturated carbocycles. The van der Waals surface area contributed by atoms with Crippen molar-refractivity contribution in [1.82, 2.24) is 0 Å². The van der Waals surface area contributed by atoms with Gasteiger partial charge in [-0.05, 0) is 64.8 Å². The van der Waals surface area contributed by atoms with Crippen molar-refractivity contribution in [1.29, 1.82) is 0 Å². The first-order chi connectivity index (χ1) is 10.4. The average molecular weight is 298 g/mol. The van der Waals surface area contributed by atoms with Gasteiger partial charge in [0.2, 0.25) is 0 Å². The van der Waals surface area contributed by atoms with E-state index < -0.39 is 0 Å². The SMILES string of the molecule is Cc1ccc(C)c(-c2ccc(OC(C)C)cc2OC(C)C)c1. The summed E-state index contributed by atoms with van der Waals surface area (Å²) in [4.78, 5) is 0. The van der Waals surface area contributed by atoms with Crippen LogP contribution in [0.1, 0.15) is 38.8 Å². The standard InChI is InChI=1S/C20H26O2/c1-13(2)21-17-9-10-18(20(12-17)22-14(3)4)19-11-15(5)7-8-16(19)6/h7-14H,1-6H3. The maximum absolute atomic E-state index is 6.04. The largest absolute Gasteiger partial charge is 0.491 e. The van der Waals surface area contributed by atoms with Crippen LogP contribution < -0.4 is 9.47 Å². The molecule has 118 valence electrons. The summed E-state index contributed by atoms with van der Waals surface area (Å²) in [7, 11) is 0. The zero-order valence-electron chi connectivity index (χ0n) is 14.4. The third kappa shape index (κ3) is 4.03. The molecule has 2 rings (SSSR count). The van der Waals surface area contributed by atoms with E-state index in [9.17, 15) is 0 Å². The monoisotopic (exact) mass is 298 g/mol. The summed E-state index contributed by atoms with van der Waals surface area (Å²) in [6.45, 7) is 12.4. The minimum Gasteiger partial charge on any atom is -0.491 e. The Morgan fingerprint density at radius 2 is 1.41 bits per heavy atom. The highest BCUT2D eigenvalue weighted by molar-refractivity contribution is 5.74. The molecule has 2 aromatic rings. The fourth-order valence-corrected chi connectivity index (χ4v) is 2.45. The van der Waals surface area contributed by atoms with Gasteiger partial charge in [-0.25, -0.2) is 0 Å². The zero-order chi connectivity index (χ0) is 16.3. The van der Waals surface area contributed by atoms with Crippen molar-refractivity contribution in [2.24, 2.45) is 0 Å². The number of benzene rings is 2. The lowest BCUT2D eigenvalue weighted by Crippen LogP contribution is -2.09. The Kier molecular flexibility index (Phi) is 5.12. The van der Waals surface area contributed by atoms with Gasteiger partial charge >= 0.3 is 0 Å². The van der Waals surface area contributed by atoms with Gasteiger partial charge in [0.05, 0.1) is 12.2 Å². The highest BCUT2D eigenvalue weighted by atomic mass is 16.5. The molecule has 0 unspecified atom stereocenters. The molecule has 0 aliphatic heterocycles. The number of hydrogen-bond donors (Lipinski definition) is 0. The molecule has 0 N–H and O–H groups in total. The number of ether oxygens (including phenoxy) is 2. The first-order valence-electron chi connectivity index (χ1n) is 7.92. The van der Waals surface area contributed by atoms with Crippen molar-refractivity contribution in [2.45, 2.75) is 53.8 Å². The molecular weight excluding hydrogens is 272 g/mol. The molecule has 2 heteroatoms. The van der Waals surface area contributed by atoms with E-state index in [0.29, 0.717) is 0 Å². The zero-order valence-corrected chi connectivity index (χ0v) is 14.4. The van der Waals surface area contributed by atoms with Crippen LogP contribution in [0.25, 0.3) is 11.1 Å². The van der Waals surface area contributed by atoms with Crippen molar-refractivity contribution in [3.63, 3.8) is 0 Å². The summed E-state index contributed by atoms with van der Waals surface area (Å²) >= 11 is 0. The van der Waals surface area contributed by atoms with E-state index in [2.05, 4.69) is 38.1 Å². The fraction of sp³-hybridized carbons (Fsp3) is 0.400. The van der Waals surface area contributed by atoms with Gasteiger partial charge in [-0.2, -0.15) is 0 Å². The maximum Gasteiger partial charge on any atom is 0.131 e. The molecular formula is C20H26O2. The molecule has 0 heterocycles. The van der Waals surface area contributed by atoms with Crippen molar-refractivity contribution < 1.29 is 9.47 Å². The van der Waals surface area contributed by atoms with E-state index >= 15 is 0 Å². The summed E-state index contributed by atoms with van der Waals surface area (Å²) in [6, 6.07) is 12.6. The van der Waals surface area contributed by atoms with Crippen molar-refractivity contribution in [3.8, 4) is 22.6 Å². The van der Waals surface area contributed by atoms with E-state index in [-0.39, 0.29) is 12.2 Å². The van der Waals surface area contributed by atoms with E-state index in [1.54, 1.807) is 0 Å². The Hall–Kier alpha value is -1.96. The normalized spacial score (nSPS) is 11.1. The van der Waals surface area contributed by atoms with Gasteiger partial charge < -0.3 is 9.47 Å². The summed E-state index contributed by atoms with van der Waals surface area (Å²) in [5.74, 6) is 1.72. The third-order valence-electron chi connectivity index (χ3n) is 3.37. The minimum absolute atomic E-state index is 0.123. The molecule has 0 aromatic heterocycles. The molecule has 2 nitrogen and oxygen atoms in total. The second-order valence-electron chi connectivity index (χ2n) is 6.31. The quantitative estimate of drug-likeness (QED) is 0.721. The summed E-state index contributed by atoms with van der Waals surface area (Å²) in [6.07, 6.45) is 0.275. The second kappa shape index (κ2) is 6.87. The van der Waals surface area contributed by atoms with Crippen LogP contribution in [0.3, 0.4) is 0 Å². The molecule has 0 aliphatic carbocycles. The number of aryl methyl sites for hydroxylation is 2. The van der Waals surface area contributed by atoms with E-state index in [1.807, 2.05) is 39.8 Å². The van der Waals surface area contributed by atoms with Gasteiger partial charge in [0.1, 0.15) is 11.5 Å². The number of rotatable bonds is 5. The number of hydrogen-bond acceptors (Lipinski definition) is 2. The highest BCUT2D eigenvalue weighted by Gasteiger charge is 2.12. The molecule has 22 heavy (non-hydrogen) atoms.